The number of carbonyl (C=O) groups is 1. The molecule has 1 aromatic heterocycles. The van der Waals surface area contributed by atoms with E-state index in [9.17, 15) is 4.79 Å². The molecule has 0 radical (unpaired) electrons. The first-order valence-corrected chi connectivity index (χ1v) is 5.73. The molecule has 0 fully saturated rings. The molecule has 0 unspecified atom stereocenters. The minimum absolute atomic E-state index is 0.210. The van der Waals surface area contributed by atoms with Crippen LogP contribution in [-0.4, -0.2) is 43.6 Å². The molecule has 1 heterocycles. The molecule has 0 aromatic carbocycles. The van der Waals surface area contributed by atoms with E-state index in [1.165, 1.54) is 13.3 Å². The zero-order chi connectivity index (χ0) is 12.5. The highest BCUT2D eigenvalue weighted by molar-refractivity contribution is 6.17. The smallest absolute Gasteiger partial charge is 0.255 e. The summed E-state index contributed by atoms with van der Waals surface area (Å²) in [5.41, 5.74) is 0.458. The lowest BCUT2D eigenvalue weighted by atomic mass is 10.2. The molecule has 94 valence electrons. The molecule has 0 saturated carbocycles. The van der Waals surface area contributed by atoms with E-state index in [1.54, 1.807) is 12.3 Å². The predicted molar refractivity (Wildman–Crippen MR) is 64.7 cm³/mol. The van der Waals surface area contributed by atoms with Crippen LogP contribution in [0.4, 0.5) is 0 Å². The summed E-state index contributed by atoms with van der Waals surface area (Å²) in [6.07, 6.45) is 3.04. The topological polar surface area (TPSA) is 60.5 Å². The second kappa shape index (κ2) is 7.86. The van der Waals surface area contributed by atoms with E-state index < -0.39 is 0 Å². The van der Waals surface area contributed by atoms with Crippen molar-refractivity contribution in [1.29, 1.82) is 0 Å². The summed E-state index contributed by atoms with van der Waals surface area (Å²) in [6.45, 7) is 1.35. The van der Waals surface area contributed by atoms with Gasteiger partial charge in [-0.05, 0) is 6.07 Å². The number of nitrogens with one attached hydrogen (secondary N) is 1. The lowest BCUT2D eigenvalue weighted by Crippen LogP contribution is -2.27. The van der Waals surface area contributed by atoms with Gasteiger partial charge >= 0.3 is 0 Å². The first-order chi connectivity index (χ1) is 8.29. The van der Waals surface area contributed by atoms with Crippen LogP contribution in [0.5, 0.6) is 5.75 Å². The average molecular weight is 259 g/mol. The van der Waals surface area contributed by atoms with Crippen LogP contribution in [0.2, 0.25) is 0 Å². The number of amides is 1. The Morgan fingerprint density at radius 1 is 1.53 bits per heavy atom. The molecule has 0 saturated heterocycles. The van der Waals surface area contributed by atoms with Crippen LogP contribution in [0.25, 0.3) is 0 Å². The Kier molecular flexibility index (Phi) is 6.35. The number of methoxy groups -OCH3 is 1. The highest BCUT2D eigenvalue weighted by Gasteiger charge is 2.10. The van der Waals surface area contributed by atoms with Crippen molar-refractivity contribution in [3.05, 3.63) is 24.0 Å². The van der Waals surface area contributed by atoms with Crippen molar-refractivity contribution >= 4 is 17.5 Å². The Labute approximate surface area is 105 Å². The first-order valence-electron chi connectivity index (χ1n) is 5.19. The van der Waals surface area contributed by atoms with Gasteiger partial charge in [-0.3, -0.25) is 9.78 Å². The first kappa shape index (κ1) is 13.7. The molecule has 0 spiro atoms. The minimum atomic E-state index is -0.210. The third-order valence-corrected chi connectivity index (χ3v) is 2.16. The molecule has 6 heteroatoms. The van der Waals surface area contributed by atoms with Crippen LogP contribution in [0.3, 0.4) is 0 Å². The summed E-state index contributed by atoms with van der Waals surface area (Å²) in [7, 11) is 1.50. The second-order valence-electron chi connectivity index (χ2n) is 3.13. The van der Waals surface area contributed by atoms with E-state index in [0.29, 0.717) is 37.0 Å². The van der Waals surface area contributed by atoms with Gasteiger partial charge in [-0.1, -0.05) is 0 Å². The maximum atomic E-state index is 11.8. The monoisotopic (exact) mass is 258 g/mol. The van der Waals surface area contributed by atoms with E-state index in [1.807, 2.05) is 0 Å². The van der Waals surface area contributed by atoms with Gasteiger partial charge in [0.25, 0.3) is 5.91 Å². The van der Waals surface area contributed by atoms with Gasteiger partial charge in [-0.25, -0.2) is 0 Å². The van der Waals surface area contributed by atoms with E-state index in [4.69, 9.17) is 21.1 Å². The third kappa shape index (κ3) is 4.58. The van der Waals surface area contributed by atoms with Crippen LogP contribution >= 0.6 is 11.6 Å². The Morgan fingerprint density at radius 2 is 2.35 bits per heavy atom. The quantitative estimate of drug-likeness (QED) is 0.587. The van der Waals surface area contributed by atoms with Crippen molar-refractivity contribution in [2.45, 2.75) is 0 Å². The fraction of sp³-hybridized carbons (Fsp3) is 0.455. The number of hydrogen-bond acceptors (Lipinski definition) is 4. The molecular weight excluding hydrogens is 244 g/mol. The summed E-state index contributed by atoms with van der Waals surface area (Å²) >= 11 is 5.44. The van der Waals surface area contributed by atoms with Gasteiger partial charge in [-0.2, -0.15) is 0 Å². The lowest BCUT2D eigenvalue weighted by molar-refractivity contribution is 0.0920. The molecular formula is C11H15ClN2O3. The van der Waals surface area contributed by atoms with Gasteiger partial charge in [0, 0.05) is 18.6 Å². The fourth-order valence-corrected chi connectivity index (χ4v) is 1.33. The normalized spacial score (nSPS) is 10.0. The van der Waals surface area contributed by atoms with Gasteiger partial charge in [0.05, 0.1) is 32.1 Å². The van der Waals surface area contributed by atoms with Gasteiger partial charge < -0.3 is 14.8 Å². The van der Waals surface area contributed by atoms with Crippen molar-refractivity contribution in [2.24, 2.45) is 0 Å². The van der Waals surface area contributed by atoms with E-state index in [2.05, 4.69) is 10.3 Å². The number of rotatable bonds is 7. The van der Waals surface area contributed by atoms with Crippen molar-refractivity contribution in [3.8, 4) is 5.75 Å². The lowest BCUT2D eigenvalue weighted by Gasteiger charge is -2.08. The van der Waals surface area contributed by atoms with E-state index in [0.717, 1.165) is 0 Å². The standard InChI is InChI=1S/C11H15ClN2O3/c1-16-10-8-13-4-2-9(10)11(15)14-5-7-17-6-3-12/h2,4,8H,3,5-7H2,1H3,(H,14,15). The Morgan fingerprint density at radius 3 is 3.06 bits per heavy atom. The summed E-state index contributed by atoms with van der Waals surface area (Å²) in [6, 6.07) is 1.60. The van der Waals surface area contributed by atoms with E-state index >= 15 is 0 Å². The number of hydrogen-bond donors (Lipinski definition) is 1. The summed E-state index contributed by atoms with van der Waals surface area (Å²) in [5.74, 6) is 0.692. The maximum Gasteiger partial charge on any atom is 0.255 e. The zero-order valence-corrected chi connectivity index (χ0v) is 10.4. The van der Waals surface area contributed by atoms with Gasteiger partial charge in [-0.15, -0.1) is 11.6 Å². The summed E-state index contributed by atoms with van der Waals surface area (Å²) in [5, 5.41) is 2.72. The molecule has 0 atom stereocenters. The second-order valence-corrected chi connectivity index (χ2v) is 3.51. The summed E-state index contributed by atoms with van der Waals surface area (Å²) < 4.78 is 10.2. The molecule has 1 aromatic rings. The van der Waals surface area contributed by atoms with E-state index in [-0.39, 0.29) is 5.91 Å². The number of alkyl halides is 1. The molecule has 5 nitrogen and oxygen atoms in total. The van der Waals surface area contributed by atoms with Crippen molar-refractivity contribution in [1.82, 2.24) is 10.3 Å². The van der Waals surface area contributed by atoms with Gasteiger partial charge in [0.1, 0.15) is 5.75 Å². The fourth-order valence-electron chi connectivity index (χ4n) is 1.22. The number of carbonyl (C=O) groups excluding carboxylic acids is 1. The Hall–Kier alpha value is -1.33. The van der Waals surface area contributed by atoms with Crippen LogP contribution in [0.1, 0.15) is 10.4 Å². The highest BCUT2D eigenvalue weighted by Crippen LogP contribution is 2.14. The molecule has 0 aliphatic heterocycles. The zero-order valence-electron chi connectivity index (χ0n) is 9.61. The molecule has 0 aliphatic carbocycles. The molecule has 1 N–H and O–H groups in total. The third-order valence-electron chi connectivity index (χ3n) is 2.00. The minimum Gasteiger partial charge on any atom is -0.494 e. The SMILES string of the molecule is COc1cnccc1C(=O)NCCOCCCl. The number of nitrogens with zero attached hydrogens (tertiary/aromatic N) is 1. The number of pyridine rings is 1. The molecule has 1 rings (SSSR count). The van der Waals surface area contributed by atoms with Crippen LogP contribution in [0, 0.1) is 0 Å². The van der Waals surface area contributed by atoms with Gasteiger partial charge in [0.2, 0.25) is 0 Å². The van der Waals surface area contributed by atoms with Gasteiger partial charge in [0.15, 0.2) is 0 Å². The Bertz CT molecular complexity index is 360. The van der Waals surface area contributed by atoms with Crippen LogP contribution < -0.4 is 10.1 Å². The largest absolute Gasteiger partial charge is 0.494 e. The van der Waals surface area contributed by atoms with Crippen molar-refractivity contribution < 1.29 is 14.3 Å². The maximum absolute atomic E-state index is 11.8. The number of aromatic nitrogens is 1. The van der Waals surface area contributed by atoms with Crippen molar-refractivity contribution in [3.63, 3.8) is 0 Å². The number of halogens is 1. The number of ether oxygens (including phenoxy) is 2. The molecule has 1 amide bonds. The molecule has 17 heavy (non-hydrogen) atoms. The predicted octanol–water partition coefficient (Wildman–Crippen LogP) is 1.08. The van der Waals surface area contributed by atoms with Crippen LogP contribution in [-0.2, 0) is 4.74 Å². The highest BCUT2D eigenvalue weighted by atomic mass is 35.5. The summed E-state index contributed by atoms with van der Waals surface area (Å²) in [4.78, 5) is 15.6. The molecule has 0 aliphatic rings. The average Bonchev–Trinajstić information content (AvgIpc) is 2.38. The van der Waals surface area contributed by atoms with Crippen molar-refractivity contribution in [2.75, 3.05) is 32.7 Å². The Balaban J connectivity index is 2.41. The molecule has 0 bridgehead atoms. The van der Waals surface area contributed by atoms with Crippen LogP contribution in [0.15, 0.2) is 18.5 Å².